The molecule has 3 rings (SSSR count). The molecule has 0 unspecified atom stereocenters. The van der Waals surface area contributed by atoms with Crippen LogP contribution in [0.25, 0.3) is 0 Å². The van der Waals surface area contributed by atoms with E-state index in [1.54, 1.807) is 12.4 Å². The van der Waals surface area contributed by atoms with Gasteiger partial charge in [-0.3, -0.25) is 4.98 Å². The van der Waals surface area contributed by atoms with E-state index < -0.39 is 0 Å². The summed E-state index contributed by atoms with van der Waals surface area (Å²) in [6.45, 7) is 3.99. The average molecular weight is 319 g/mol. The molecule has 5 heteroatoms. The molecule has 0 atom stereocenters. The molecule has 0 spiro atoms. The van der Waals surface area contributed by atoms with E-state index in [-0.39, 0.29) is 0 Å². The van der Waals surface area contributed by atoms with Crippen LogP contribution in [0.3, 0.4) is 0 Å². The number of halogens is 1. The lowest BCUT2D eigenvalue weighted by Gasteiger charge is -2.36. The minimum Gasteiger partial charge on any atom is -0.368 e. The van der Waals surface area contributed by atoms with Gasteiger partial charge in [0, 0.05) is 48.7 Å². The van der Waals surface area contributed by atoms with E-state index in [1.807, 2.05) is 6.20 Å². The molecule has 1 aliphatic rings. The Bertz CT molecular complexity index is 521. The van der Waals surface area contributed by atoms with Crippen molar-refractivity contribution >= 4 is 27.4 Å². The average Bonchev–Trinajstić information content (AvgIpc) is 2.49. The summed E-state index contributed by atoms with van der Waals surface area (Å²) in [5, 5.41) is 0. The molecule has 0 radical (unpaired) electrons. The van der Waals surface area contributed by atoms with Gasteiger partial charge in [-0.15, -0.1) is 0 Å². The highest BCUT2D eigenvalue weighted by Gasteiger charge is 2.18. The highest BCUT2D eigenvalue weighted by atomic mass is 79.9. The van der Waals surface area contributed by atoms with Crippen molar-refractivity contribution in [3.8, 4) is 0 Å². The minimum atomic E-state index is 0.970. The highest BCUT2D eigenvalue weighted by Crippen LogP contribution is 2.21. The van der Waals surface area contributed by atoms with Gasteiger partial charge >= 0.3 is 0 Å². The Balaban J connectivity index is 1.65. The fourth-order valence-corrected chi connectivity index (χ4v) is 2.56. The summed E-state index contributed by atoms with van der Waals surface area (Å²) in [7, 11) is 0. The van der Waals surface area contributed by atoms with Gasteiger partial charge in [0.25, 0.3) is 0 Å². The van der Waals surface area contributed by atoms with Crippen molar-refractivity contribution in [2.75, 3.05) is 36.0 Å². The van der Waals surface area contributed by atoms with Crippen molar-refractivity contribution in [3.63, 3.8) is 0 Å². The van der Waals surface area contributed by atoms with Gasteiger partial charge in [-0.25, -0.2) is 4.98 Å². The van der Waals surface area contributed by atoms with Gasteiger partial charge in [-0.2, -0.15) is 0 Å². The second-order valence-corrected chi connectivity index (χ2v) is 5.43. The lowest BCUT2D eigenvalue weighted by atomic mass is 10.2. The van der Waals surface area contributed by atoms with Crippen LogP contribution < -0.4 is 9.80 Å². The zero-order chi connectivity index (χ0) is 13.1. The van der Waals surface area contributed by atoms with E-state index in [1.165, 1.54) is 5.69 Å². The zero-order valence-electron chi connectivity index (χ0n) is 10.5. The number of hydrogen-bond acceptors (Lipinski definition) is 4. The standard InChI is InChI=1S/C14H15BrN4/c15-12-1-3-13(4-2-12)18-7-9-19(10-8-18)14-11-16-5-6-17-14/h1-6,11H,7-10H2. The Hall–Kier alpha value is -1.62. The van der Waals surface area contributed by atoms with Gasteiger partial charge in [-0.1, -0.05) is 15.9 Å². The first-order valence-electron chi connectivity index (χ1n) is 6.34. The van der Waals surface area contributed by atoms with Crippen LogP contribution in [-0.4, -0.2) is 36.1 Å². The first-order valence-corrected chi connectivity index (χ1v) is 7.14. The molecule has 2 aromatic rings. The summed E-state index contributed by atoms with van der Waals surface area (Å²) < 4.78 is 1.12. The van der Waals surface area contributed by atoms with E-state index in [2.05, 4.69) is 60.0 Å². The SMILES string of the molecule is Brc1ccc(N2CCN(c3cnccn3)CC2)cc1. The predicted molar refractivity (Wildman–Crippen MR) is 80.6 cm³/mol. The molecular weight excluding hydrogens is 304 g/mol. The molecule has 0 bridgehead atoms. The molecule has 0 amide bonds. The molecule has 0 saturated carbocycles. The molecule has 0 aliphatic carbocycles. The van der Waals surface area contributed by atoms with Crippen LogP contribution in [-0.2, 0) is 0 Å². The number of benzene rings is 1. The maximum Gasteiger partial charge on any atom is 0.147 e. The largest absolute Gasteiger partial charge is 0.368 e. The van der Waals surface area contributed by atoms with Crippen LogP contribution in [0.15, 0.2) is 47.3 Å². The van der Waals surface area contributed by atoms with Crippen molar-refractivity contribution < 1.29 is 0 Å². The summed E-state index contributed by atoms with van der Waals surface area (Å²) in [6, 6.07) is 8.49. The number of hydrogen-bond donors (Lipinski definition) is 0. The van der Waals surface area contributed by atoms with Crippen molar-refractivity contribution in [3.05, 3.63) is 47.3 Å². The van der Waals surface area contributed by atoms with Crippen LogP contribution >= 0.6 is 15.9 Å². The van der Waals surface area contributed by atoms with E-state index in [9.17, 15) is 0 Å². The molecule has 1 fully saturated rings. The van der Waals surface area contributed by atoms with E-state index in [4.69, 9.17) is 0 Å². The van der Waals surface area contributed by atoms with Crippen LogP contribution in [0.5, 0.6) is 0 Å². The minimum absolute atomic E-state index is 0.970. The summed E-state index contributed by atoms with van der Waals surface area (Å²) >= 11 is 3.47. The maximum atomic E-state index is 4.35. The van der Waals surface area contributed by atoms with Gasteiger partial charge in [0.15, 0.2) is 0 Å². The Labute approximate surface area is 121 Å². The third-order valence-corrected chi connectivity index (χ3v) is 3.87. The quantitative estimate of drug-likeness (QED) is 0.852. The first kappa shape index (κ1) is 12.4. The maximum absolute atomic E-state index is 4.35. The monoisotopic (exact) mass is 318 g/mol. The number of nitrogens with zero attached hydrogens (tertiary/aromatic N) is 4. The van der Waals surface area contributed by atoms with Gasteiger partial charge in [0.2, 0.25) is 0 Å². The normalized spacial score (nSPS) is 15.6. The molecule has 1 aromatic carbocycles. The smallest absolute Gasteiger partial charge is 0.147 e. The summed E-state index contributed by atoms with van der Waals surface area (Å²) in [4.78, 5) is 13.2. The Morgan fingerprint density at radius 1 is 0.895 bits per heavy atom. The van der Waals surface area contributed by atoms with Crippen LogP contribution in [0.1, 0.15) is 0 Å². The van der Waals surface area contributed by atoms with Crippen molar-refractivity contribution in [2.45, 2.75) is 0 Å². The van der Waals surface area contributed by atoms with Crippen LogP contribution in [0.2, 0.25) is 0 Å². The molecule has 1 aliphatic heterocycles. The fraction of sp³-hybridized carbons (Fsp3) is 0.286. The third-order valence-electron chi connectivity index (χ3n) is 3.34. The Morgan fingerprint density at radius 3 is 2.21 bits per heavy atom. The van der Waals surface area contributed by atoms with E-state index in [0.717, 1.165) is 36.5 Å². The number of piperazine rings is 1. The van der Waals surface area contributed by atoms with Crippen molar-refractivity contribution in [1.82, 2.24) is 9.97 Å². The predicted octanol–water partition coefficient (Wildman–Crippen LogP) is 2.57. The van der Waals surface area contributed by atoms with E-state index in [0.29, 0.717) is 0 Å². The molecule has 19 heavy (non-hydrogen) atoms. The van der Waals surface area contributed by atoms with Gasteiger partial charge < -0.3 is 9.80 Å². The number of rotatable bonds is 2. The highest BCUT2D eigenvalue weighted by molar-refractivity contribution is 9.10. The molecular formula is C14H15BrN4. The Morgan fingerprint density at radius 2 is 1.58 bits per heavy atom. The topological polar surface area (TPSA) is 32.3 Å². The molecule has 1 aromatic heterocycles. The summed E-state index contributed by atoms with van der Waals surface area (Å²) in [6.07, 6.45) is 5.29. The second kappa shape index (κ2) is 5.57. The summed E-state index contributed by atoms with van der Waals surface area (Å²) in [5.41, 5.74) is 1.28. The van der Waals surface area contributed by atoms with Crippen LogP contribution in [0.4, 0.5) is 11.5 Å². The fourth-order valence-electron chi connectivity index (χ4n) is 2.30. The van der Waals surface area contributed by atoms with Crippen molar-refractivity contribution in [2.24, 2.45) is 0 Å². The van der Waals surface area contributed by atoms with Gasteiger partial charge in [-0.05, 0) is 24.3 Å². The molecule has 0 N–H and O–H groups in total. The van der Waals surface area contributed by atoms with Crippen LogP contribution in [0, 0.1) is 0 Å². The molecule has 98 valence electrons. The summed E-state index contributed by atoms with van der Waals surface area (Å²) in [5.74, 6) is 0.970. The number of aromatic nitrogens is 2. The van der Waals surface area contributed by atoms with E-state index >= 15 is 0 Å². The molecule has 2 heterocycles. The first-order chi connectivity index (χ1) is 9.33. The molecule has 1 saturated heterocycles. The molecule has 4 nitrogen and oxygen atoms in total. The third kappa shape index (κ3) is 2.87. The lowest BCUT2D eigenvalue weighted by Crippen LogP contribution is -2.46. The lowest BCUT2D eigenvalue weighted by molar-refractivity contribution is 0.646. The zero-order valence-corrected chi connectivity index (χ0v) is 12.1. The van der Waals surface area contributed by atoms with Gasteiger partial charge in [0.05, 0.1) is 6.20 Å². The second-order valence-electron chi connectivity index (χ2n) is 4.51. The Kier molecular flexibility index (Phi) is 3.64. The number of anilines is 2. The van der Waals surface area contributed by atoms with Gasteiger partial charge in [0.1, 0.15) is 5.82 Å². The van der Waals surface area contributed by atoms with Crippen molar-refractivity contribution in [1.29, 1.82) is 0 Å².